The van der Waals surface area contributed by atoms with E-state index in [4.69, 9.17) is 0 Å². The van der Waals surface area contributed by atoms with E-state index >= 15 is 0 Å². The molecule has 0 nitrogen and oxygen atoms in total. The molecule has 0 atom stereocenters. The van der Waals surface area contributed by atoms with Gasteiger partial charge in [0.2, 0.25) is 0 Å². The minimum absolute atomic E-state index is 1.15. The van der Waals surface area contributed by atoms with Crippen molar-refractivity contribution in [2.75, 3.05) is 0 Å². The van der Waals surface area contributed by atoms with Crippen LogP contribution in [-0.4, -0.2) is 0 Å². The third-order valence-corrected chi connectivity index (χ3v) is 1.97. The van der Waals surface area contributed by atoms with Gasteiger partial charge in [0.1, 0.15) is 0 Å². The molecule has 1 rings (SSSR count). The second-order valence-electron chi connectivity index (χ2n) is 1.57. The van der Waals surface area contributed by atoms with Crippen molar-refractivity contribution in [3.8, 4) is 0 Å². The average molecular weight is 170 g/mol. The van der Waals surface area contributed by atoms with E-state index in [0.717, 1.165) is 5.32 Å². The maximum atomic E-state index is 2.16. The quantitative estimate of drug-likeness (QED) is 0.593. The van der Waals surface area contributed by atoms with E-state index in [0.29, 0.717) is 0 Å². The summed E-state index contributed by atoms with van der Waals surface area (Å²) in [6.45, 7) is 2.16. The molecule has 0 amide bonds. The first-order valence-corrected chi connectivity index (χ1v) is 4.12. The number of hydrogen-bond acceptors (Lipinski definition) is 0. The summed E-state index contributed by atoms with van der Waals surface area (Å²) in [4.78, 5) is 0. The van der Waals surface area contributed by atoms with Gasteiger partial charge in [-0.05, 0) is 0 Å². The van der Waals surface area contributed by atoms with Crippen molar-refractivity contribution in [1.29, 1.82) is 0 Å². The van der Waals surface area contributed by atoms with Crippen LogP contribution in [0.3, 0.4) is 0 Å². The first-order valence-electron chi connectivity index (χ1n) is 2.98. The van der Waals surface area contributed by atoms with Crippen LogP contribution in [0, 0.1) is 0 Å². The molecular weight excluding hydrogens is 160 g/mol. The first-order chi connectivity index (χ1) is 4.43. The van der Waals surface area contributed by atoms with E-state index < -0.39 is 0 Å². The van der Waals surface area contributed by atoms with Crippen LogP contribution in [0.25, 0.3) is 0 Å². The Bertz CT molecular complexity index is 157. The van der Waals surface area contributed by atoms with Crippen molar-refractivity contribution >= 4 is 4.46 Å². The Morgan fingerprint density at radius 3 is 2.44 bits per heavy atom. The number of benzene rings is 1. The molecular formula is C8H10Cu. The first kappa shape index (κ1) is 6.85. The monoisotopic (exact) mass is 169 g/mol. The van der Waals surface area contributed by atoms with Crippen LogP contribution in [0.1, 0.15) is 6.92 Å². The summed E-state index contributed by atoms with van der Waals surface area (Å²) in [7, 11) is 0. The minimum atomic E-state index is 1.15. The Morgan fingerprint density at radius 1 is 1.22 bits per heavy atom. The predicted molar refractivity (Wildman–Crippen MR) is 36.6 cm³/mol. The Hall–Kier alpha value is -0.261. The molecule has 0 aliphatic heterocycles. The molecule has 0 spiro atoms. The van der Waals surface area contributed by atoms with Crippen molar-refractivity contribution in [3.05, 3.63) is 30.3 Å². The van der Waals surface area contributed by atoms with Gasteiger partial charge in [-0.25, -0.2) is 0 Å². The molecule has 1 aromatic rings. The van der Waals surface area contributed by atoms with Crippen LogP contribution < -0.4 is 4.46 Å². The van der Waals surface area contributed by atoms with Gasteiger partial charge >= 0.3 is 62.0 Å². The van der Waals surface area contributed by atoms with E-state index in [2.05, 4.69) is 31.2 Å². The van der Waals surface area contributed by atoms with Gasteiger partial charge in [-0.1, -0.05) is 0 Å². The molecule has 0 bridgehead atoms. The van der Waals surface area contributed by atoms with Gasteiger partial charge in [-0.3, -0.25) is 0 Å². The fourth-order valence-corrected chi connectivity index (χ4v) is 1.38. The summed E-state index contributed by atoms with van der Waals surface area (Å²) in [5, 5.41) is 1.15. The van der Waals surface area contributed by atoms with E-state index in [1.54, 1.807) is 0 Å². The van der Waals surface area contributed by atoms with Crippen molar-refractivity contribution in [1.82, 2.24) is 0 Å². The topological polar surface area (TPSA) is 0 Å². The van der Waals surface area contributed by atoms with Gasteiger partial charge in [-0.15, -0.1) is 0 Å². The molecule has 0 N–H and O–H groups in total. The summed E-state index contributed by atoms with van der Waals surface area (Å²) < 4.78 is 1.35. The molecule has 0 heterocycles. The Balaban J connectivity index is 2.61. The van der Waals surface area contributed by atoms with E-state index in [1.165, 1.54) is 4.46 Å². The molecule has 0 aliphatic rings. The van der Waals surface area contributed by atoms with Crippen molar-refractivity contribution in [2.45, 2.75) is 12.2 Å². The third kappa shape index (κ3) is 2.21. The van der Waals surface area contributed by atoms with Gasteiger partial charge in [-0.2, -0.15) is 0 Å². The molecule has 0 saturated heterocycles. The number of hydrogen-bond donors (Lipinski definition) is 0. The second kappa shape index (κ2) is 3.71. The predicted octanol–water partition coefficient (Wildman–Crippen LogP) is 1.83. The normalized spacial score (nSPS) is 9.89. The SMILES string of the molecule is C[CH2][Cu][c]1ccccc1. The second-order valence-corrected chi connectivity index (χ2v) is 3.11. The maximum absolute atomic E-state index is 2.16. The van der Waals surface area contributed by atoms with Gasteiger partial charge < -0.3 is 0 Å². The number of rotatable bonds is 2. The Morgan fingerprint density at radius 2 is 1.89 bits per heavy atom. The zero-order valence-corrected chi connectivity index (χ0v) is 6.34. The fraction of sp³-hybridized carbons (Fsp3) is 0.250. The molecule has 0 saturated carbocycles. The van der Waals surface area contributed by atoms with Crippen LogP contribution in [0.4, 0.5) is 0 Å². The molecule has 0 aromatic heterocycles. The fourth-order valence-electron chi connectivity index (χ4n) is 0.594. The zero-order valence-electron chi connectivity index (χ0n) is 5.40. The van der Waals surface area contributed by atoms with Crippen molar-refractivity contribution in [3.63, 3.8) is 0 Å². The third-order valence-electron chi connectivity index (χ3n) is 0.937. The van der Waals surface area contributed by atoms with Crippen LogP contribution >= 0.6 is 0 Å². The summed E-state index contributed by atoms with van der Waals surface area (Å²) in [5.41, 5.74) is 0. The summed E-state index contributed by atoms with van der Waals surface area (Å²) in [6, 6.07) is 10.4. The van der Waals surface area contributed by atoms with Crippen LogP contribution in [0.2, 0.25) is 5.32 Å². The van der Waals surface area contributed by atoms with Gasteiger partial charge in [0.15, 0.2) is 0 Å². The average Bonchev–Trinajstić information content (AvgIpc) is 1.91. The molecule has 0 radical (unpaired) electrons. The standard InChI is InChI=1S/C6H5.C2H5.Cu/c1-2-4-6-5-3-1;1-2;/h1-5H;1H2,2H3;. The van der Waals surface area contributed by atoms with Gasteiger partial charge in [0, 0.05) is 0 Å². The molecule has 0 unspecified atom stereocenters. The molecule has 9 heavy (non-hydrogen) atoms. The molecule has 53 valence electrons. The van der Waals surface area contributed by atoms with Crippen LogP contribution in [-0.2, 0) is 15.0 Å². The molecule has 0 fully saturated rings. The van der Waals surface area contributed by atoms with Crippen LogP contribution in [0.5, 0.6) is 0 Å². The molecule has 0 aliphatic carbocycles. The zero-order chi connectivity index (χ0) is 6.53. The van der Waals surface area contributed by atoms with E-state index in [9.17, 15) is 0 Å². The summed E-state index contributed by atoms with van der Waals surface area (Å²) in [6.07, 6.45) is 0. The summed E-state index contributed by atoms with van der Waals surface area (Å²) in [5.74, 6) is 0. The van der Waals surface area contributed by atoms with Crippen molar-refractivity contribution in [2.24, 2.45) is 0 Å². The Labute approximate surface area is 62.4 Å². The van der Waals surface area contributed by atoms with Gasteiger partial charge in [0.05, 0.1) is 0 Å². The summed E-state index contributed by atoms with van der Waals surface area (Å²) >= 11 is 1.96. The van der Waals surface area contributed by atoms with Gasteiger partial charge in [0.25, 0.3) is 0 Å². The Kier molecular flexibility index (Phi) is 2.82. The van der Waals surface area contributed by atoms with E-state index in [1.807, 2.05) is 21.0 Å². The molecule has 1 heteroatoms. The van der Waals surface area contributed by atoms with E-state index in [-0.39, 0.29) is 0 Å². The molecule has 1 aromatic carbocycles. The van der Waals surface area contributed by atoms with Crippen molar-refractivity contribution < 1.29 is 15.0 Å². The van der Waals surface area contributed by atoms with Crippen LogP contribution in [0.15, 0.2) is 30.3 Å².